The Labute approximate surface area is 114 Å². The number of benzene rings is 1. The van der Waals surface area contributed by atoms with Gasteiger partial charge in [0.15, 0.2) is 0 Å². The van der Waals surface area contributed by atoms with Gasteiger partial charge in [-0.15, -0.1) is 0 Å². The maximum Gasteiger partial charge on any atom is 0.229 e. The predicted molar refractivity (Wildman–Crippen MR) is 77.9 cm³/mol. The molecule has 0 bridgehead atoms. The molecule has 18 heavy (non-hydrogen) atoms. The largest absolute Gasteiger partial charge is 0.384 e. The van der Waals surface area contributed by atoms with Crippen molar-refractivity contribution in [2.24, 2.45) is 5.92 Å². The smallest absolute Gasteiger partial charge is 0.229 e. The number of hydrogen-bond donors (Lipinski definition) is 2. The number of nitrogens with one attached hydrogen (secondary N) is 2. The van der Waals surface area contributed by atoms with Crippen LogP contribution in [0.2, 0.25) is 5.02 Å². The third-order valence-corrected chi connectivity index (χ3v) is 3.24. The van der Waals surface area contributed by atoms with Gasteiger partial charge in [-0.25, -0.2) is 8.42 Å². The Morgan fingerprint density at radius 3 is 2.56 bits per heavy atom. The van der Waals surface area contributed by atoms with Crippen LogP contribution in [0.15, 0.2) is 18.2 Å². The molecule has 0 heterocycles. The topological polar surface area (TPSA) is 58.2 Å². The maximum atomic E-state index is 11.1. The normalized spacial score (nSPS) is 11.6. The number of sulfonamides is 1. The molecular formula is C12H19ClN2O2S. The van der Waals surface area contributed by atoms with Crippen molar-refractivity contribution < 1.29 is 8.42 Å². The van der Waals surface area contributed by atoms with Crippen LogP contribution in [0.1, 0.15) is 20.3 Å². The van der Waals surface area contributed by atoms with Crippen molar-refractivity contribution in [1.82, 2.24) is 0 Å². The van der Waals surface area contributed by atoms with Crippen LogP contribution in [0.3, 0.4) is 0 Å². The molecule has 6 heteroatoms. The fourth-order valence-electron chi connectivity index (χ4n) is 1.43. The summed E-state index contributed by atoms with van der Waals surface area (Å²) in [7, 11) is -3.26. The van der Waals surface area contributed by atoms with Gasteiger partial charge in [0, 0.05) is 6.54 Å². The third kappa shape index (κ3) is 5.60. The molecule has 1 aromatic rings. The highest BCUT2D eigenvalue weighted by molar-refractivity contribution is 7.92. The monoisotopic (exact) mass is 290 g/mol. The van der Waals surface area contributed by atoms with Gasteiger partial charge in [0.1, 0.15) is 0 Å². The lowest BCUT2D eigenvalue weighted by Gasteiger charge is -2.12. The maximum absolute atomic E-state index is 11.1. The fraction of sp³-hybridized carbons (Fsp3) is 0.500. The van der Waals surface area contributed by atoms with E-state index < -0.39 is 10.0 Å². The number of halogens is 1. The highest BCUT2D eigenvalue weighted by Gasteiger charge is 2.06. The number of rotatable bonds is 6. The second-order valence-corrected chi connectivity index (χ2v) is 6.83. The van der Waals surface area contributed by atoms with Gasteiger partial charge in [0.25, 0.3) is 0 Å². The molecule has 0 fully saturated rings. The van der Waals surface area contributed by atoms with Crippen molar-refractivity contribution in [3.63, 3.8) is 0 Å². The van der Waals surface area contributed by atoms with Crippen LogP contribution in [-0.4, -0.2) is 21.2 Å². The molecule has 0 aliphatic heterocycles. The van der Waals surface area contributed by atoms with E-state index in [2.05, 4.69) is 23.9 Å². The fourth-order valence-corrected chi connectivity index (χ4v) is 2.17. The van der Waals surface area contributed by atoms with Crippen molar-refractivity contribution >= 4 is 33.0 Å². The molecule has 2 N–H and O–H groups in total. The molecule has 0 aliphatic carbocycles. The van der Waals surface area contributed by atoms with Crippen LogP contribution >= 0.6 is 11.6 Å². The zero-order valence-corrected chi connectivity index (χ0v) is 12.4. The van der Waals surface area contributed by atoms with Gasteiger partial charge < -0.3 is 5.32 Å². The summed E-state index contributed by atoms with van der Waals surface area (Å²) < 4.78 is 24.7. The van der Waals surface area contributed by atoms with Gasteiger partial charge in [-0.3, -0.25) is 4.72 Å². The van der Waals surface area contributed by atoms with Crippen molar-refractivity contribution in [2.45, 2.75) is 20.3 Å². The number of anilines is 2. The zero-order chi connectivity index (χ0) is 13.8. The molecule has 0 unspecified atom stereocenters. The molecule has 102 valence electrons. The van der Waals surface area contributed by atoms with Crippen LogP contribution in [0.5, 0.6) is 0 Å². The van der Waals surface area contributed by atoms with Crippen LogP contribution in [-0.2, 0) is 10.0 Å². The summed E-state index contributed by atoms with van der Waals surface area (Å²) in [5.41, 5.74) is 1.25. The molecule has 0 radical (unpaired) electrons. The summed E-state index contributed by atoms with van der Waals surface area (Å²) >= 11 is 6.04. The predicted octanol–water partition coefficient (Wildman–Crippen LogP) is 3.17. The first kappa shape index (κ1) is 15.1. The van der Waals surface area contributed by atoms with E-state index in [1.807, 2.05) is 0 Å². The van der Waals surface area contributed by atoms with E-state index >= 15 is 0 Å². The van der Waals surface area contributed by atoms with Gasteiger partial charge in [-0.1, -0.05) is 25.4 Å². The summed E-state index contributed by atoms with van der Waals surface area (Å²) in [4.78, 5) is 0. The van der Waals surface area contributed by atoms with E-state index in [9.17, 15) is 8.42 Å². The molecule has 1 aromatic carbocycles. The van der Waals surface area contributed by atoms with Crippen molar-refractivity contribution in [1.29, 1.82) is 0 Å². The summed E-state index contributed by atoms with van der Waals surface area (Å²) in [6, 6.07) is 5.01. The second kappa shape index (κ2) is 6.29. The molecule has 0 spiro atoms. The SMILES string of the molecule is CC(C)CCNc1cc(NS(C)(=O)=O)ccc1Cl. The van der Waals surface area contributed by atoms with E-state index in [0.717, 1.165) is 24.9 Å². The van der Waals surface area contributed by atoms with Crippen LogP contribution in [0.4, 0.5) is 11.4 Å². The lowest BCUT2D eigenvalue weighted by molar-refractivity contribution is 0.607. The summed E-state index contributed by atoms with van der Waals surface area (Å²) in [6.45, 7) is 5.09. The molecule has 0 aliphatic rings. The molecule has 4 nitrogen and oxygen atoms in total. The minimum atomic E-state index is -3.26. The average molecular weight is 291 g/mol. The van der Waals surface area contributed by atoms with Crippen LogP contribution in [0, 0.1) is 5.92 Å². The van der Waals surface area contributed by atoms with E-state index in [-0.39, 0.29) is 0 Å². The second-order valence-electron chi connectivity index (χ2n) is 4.68. The number of hydrogen-bond acceptors (Lipinski definition) is 3. The van der Waals surface area contributed by atoms with Crippen molar-refractivity contribution in [2.75, 3.05) is 22.8 Å². The Morgan fingerprint density at radius 2 is 2.00 bits per heavy atom. The van der Waals surface area contributed by atoms with Gasteiger partial charge in [-0.05, 0) is 30.5 Å². The van der Waals surface area contributed by atoms with E-state index in [0.29, 0.717) is 16.6 Å². The Balaban J connectivity index is 2.75. The standard InChI is InChI=1S/C12H19ClN2O2S/c1-9(2)6-7-14-12-8-10(4-5-11(12)13)15-18(3,16)17/h4-5,8-9,14-15H,6-7H2,1-3H3. The lowest BCUT2D eigenvalue weighted by atomic mass is 10.1. The Hall–Kier alpha value is -0.940. The molecule has 0 atom stereocenters. The van der Waals surface area contributed by atoms with Crippen molar-refractivity contribution in [3.05, 3.63) is 23.2 Å². The van der Waals surface area contributed by atoms with E-state index in [1.165, 1.54) is 0 Å². The molecule has 1 rings (SSSR count). The first-order valence-corrected chi connectivity index (χ1v) is 8.06. The van der Waals surface area contributed by atoms with Crippen LogP contribution < -0.4 is 10.0 Å². The zero-order valence-electron chi connectivity index (χ0n) is 10.8. The molecule has 0 amide bonds. The van der Waals surface area contributed by atoms with E-state index in [1.54, 1.807) is 18.2 Å². The Kier molecular flexibility index (Phi) is 5.28. The first-order chi connectivity index (χ1) is 8.28. The minimum absolute atomic E-state index is 0.508. The summed E-state index contributed by atoms with van der Waals surface area (Å²) in [5.74, 6) is 0.605. The van der Waals surface area contributed by atoms with Gasteiger partial charge in [-0.2, -0.15) is 0 Å². The highest BCUT2D eigenvalue weighted by Crippen LogP contribution is 2.26. The Bertz CT molecular complexity index is 501. The van der Waals surface area contributed by atoms with Crippen LogP contribution in [0.25, 0.3) is 0 Å². The molecular weight excluding hydrogens is 272 g/mol. The van der Waals surface area contributed by atoms with E-state index in [4.69, 9.17) is 11.6 Å². The van der Waals surface area contributed by atoms with Gasteiger partial charge in [0.05, 0.1) is 22.7 Å². The molecule has 0 saturated carbocycles. The molecule has 0 saturated heterocycles. The molecule has 0 aromatic heterocycles. The van der Waals surface area contributed by atoms with Gasteiger partial charge >= 0.3 is 0 Å². The summed E-state index contributed by atoms with van der Waals surface area (Å²) in [5, 5.41) is 3.78. The quantitative estimate of drug-likeness (QED) is 0.846. The summed E-state index contributed by atoms with van der Waals surface area (Å²) in [6.07, 6.45) is 2.15. The van der Waals surface area contributed by atoms with Gasteiger partial charge in [0.2, 0.25) is 10.0 Å². The average Bonchev–Trinajstić information content (AvgIpc) is 2.20. The van der Waals surface area contributed by atoms with Crippen molar-refractivity contribution in [3.8, 4) is 0 Å². The first-order valence-electron chi connectivity index (χ1n) is 5.79. The minimum Gasteiger partial charge on any atom is -0.384 e. The Morgan fingerprint density at radius 1 is 1.33 bits per heavy atom. The third-order valence-electron chi connectivity index (χ3n) is 2.31. The highest BCUT2D eigenvalue weighted by atomic mass is 35.5. The lowest BCUT2D eigenvalue weighted by Crippen LogP contribution is -2.10.